The normalized spacial score (nSPS) is 11.0. The highest BCUT2D eigenvalue weighted by molar-refractivity contribution is 7.80. The van der Waals surface area contributed by atoms with E-state index in [1.807, 2.05) is 60.8 Å². The predicted octanol–water partition coefficient (Wildman–Crippen LogP) is 5.17. The van der Waals surface area contributed by atoms with Crippen molar-refractivity contribution in [1.29, 1.82) is 0 Å². The molecule has 0 bridgehead atoms. The second-order valence-electron chi connectivity index (χ2n) is 6.76. The van der Waals surface area contributed by atoms with Gasteiger partial charge in [0, 0.05) is 29.2 Å². The summed E-state index contributed by atoms with van der Waals surface area (Å²) in [5.41, 5.74) is 8.20. The van der Waals surface area contributed by atoms with Crippen LogP contribution in [0.5, 0.6) is 5.75 Å². The van der Waals surface area contributed by atoms with E-state index in [1.54, 1.807) is 7.11 Å². The van der Waals surface area contributed by atoms with Gasteiger partial charge in [0.1, 0.15) is 5.75 Å². The van der Waals surface area contributed by atoms with Crippen molar-refractivity contribution in [2.75, 3.05) is 12.4 Å². The molecule has 30 heavy (non-hydrogen) atoms. The van der Waals surface area contributed by atoms with Crippen molar-refractivity contribution >= 4 is 40.1 Å². The van der Waals surface area contributed by atoms with Crippen LogP contribution >= 0.6 is 12.2 Å². The molecule has 0 atom stereocenters. The number of nitrogens with one attached hydrogen (secondary N) is 2. The second-order valence-corrected chi connectivity index (χ2v) is 7.17. The lowest BCUT2D eigenvalue weighted by molar-refractivity contribution is 0.415. The van der Waals surface area contributed by atoms with Gasteiger partial charge in [-0.1, -0.05) is 48.5 Å². The van der Waals surface area contributed by atoms with Crippen LogP contribution in [0.1, 0.15) is 5.56 Å². The number of thiocarbonyl (C=S) groups is 1. The zero-order valence-electron chi connectivity index (χ0n) is 16.8. The van der Waals surface area contributed by atoms with E-state index in [1.165, 1.54) is 0 Å². The first-order valence-corrected chi connectivity index (χ1v) is 9.95. The highest BCUT2D eigenvalue weighted by atomic mass is 32.1. The van der Waals surface area contributed by atoms with Crippen molar-refractivity contribution in [3.05, 3.63) is 84.4 Å². The number of hydrazone groups is 1. The number of benzene rings is 3. The van der Waals surface area contributed by atoms with E-state index < -0.39 is 0 Å². The molecule has 2 N–H and O–H groups in total. The fourth-order valence-corrected chi connectivity index (χ4v) is 3.66. The van der Waals surface area contributed by atoms with Gasteiger partial charge in [0.15, 0.2) is 5.11 Å². The van der Waals surface area contributed by atoms with E-state index in [-0.39, 0.29) is 0 Å². The summed E-state index contributed by atoms with van der Waals surface area (Å²) in [6, 6.07) is 26.2. The highest BCUT2D eigenvalue weighted by Crippen LogP contribution is 2.31. The average Bonchev–Trinajstić information content (AvgIpc) is 3.07. The number of aryl methyl sites for hydroxylation is 1. The first kappa shape index (κ1) is 19.7. The van der Waals surface area contributed by atoms with Crippen molar-refractivity contribution in [1.82, 2.24) is 9.99 Å². The maximum atomic E-state index is 5.37. The number of hydrogen-bond acceptors (Lipinski definition) is 3. The Hall–Kier alpha value is -3.64. The fraction of sp³-hybridized carbons (Fsp3) is 0.0833. The molecule has 1 aromatic heterocycles. The van der Waals surface area contributed by atoms with E-state index >= 15 is 0 Å². The lowest BCUT2D eigenvalue weighted by Crippen LogP contribution is -2.23. The molecule has 0 fully saturated rings. The monoisotopic (exact) mass is 414 g/mol. The maximum Gasteiger partial charge on any atom is 0.191 e. The number of nitrogens with zero attached hydrogens (tertiary/aromatic N) is 2. The molecule has 0 aliphatic carbocycles. The third-order valence-corrected chi connectivity index (χ3v) is 5.09. The number of rotatable bonds is 5. The summed E-state index contributed by atoms with van der Waals surface area (Å²) in [6.07, 6.45) is 1.83. The maximum absolute atomic E-state index is 5.37. The van der Waals surface area contributed by atoms with Crippen molar-refractivity contribution in [2.24, 2.45) is 12.1 Å². The van der Waals surface area contributed by atoms with Crippen molar-refractivity contribution < 1.29 is 4.74 Å². The Morgan fingerprint density at radius 3 is 2.40 bits per heavy atom. The average molecular weight is 415 g/mol. The molecular weight excluding hydrogens is 392 g/mol. The minimum atomic E-state index is 0.415. The van der Waals surface area contributed by atoms with E-state index in [4.69, 9.17) is 17.0 Å². The molecule has 4 rings (SSSR count). The van der Waals surface area contributed by atoms with E-state index in [0.717, 1.165) is 39.2 Å². The van der Waals surface area contributed by atoms with Gasteiger partial charge in [-0.25, -0.2) is 0 Å². The molecule has 0 radical (unpaired) electrons. The Bertz CT molecular complexity index is 1200. The molecule has 0 spiro atoms. The van der Waals surface area contributed by atoms with Crippen LogP contribution in [0, 0.1) is 0 Å². The lowest BCUT2D eigenvalue weighted by atomic mass is 10.1. The predicted molar refractivity (Wildman–Crippen MR) is 128 cm³/mol. The third-order valence-electron chi connectivity index (χ3n) is 4.90. The van der Waals surface area contributed by atoms with Gasteiger partial charge in [-0.05, 0) is 48.1 Å². The molecule has 0 aliphatic rings. The standard InChI is InChI=1S/C24H22N4OS/c1-28-22-11-7-6-10-20(22)21(23(28)17-8-4-3-5-9-17)16-25-27-24(30)26-18-12-14-19(29-2)15-13-18/h3-16H,1-2H3,(H2,26,27,30)/b25-16-. The molecule has 6 heteroatoms. The highest BCUT2D eigenvalue weighted by Gasteiger charge is 2.14. The quantitative estimate of drug-likeness (QED) is 0.269. The van der Waals surface area contributed by atoms with Crippen LogP contribution in [0.2, 0.25) is 0 Å². The molecule has 1 heterocycles. The molecular formula is C24H22N4OS. The van der Waals surface area contributed by atoms with Crippen LogP contribution in [-0.4, -0.2) is 23.0 Å². The van der Waals surface area contributed by atoms with Crippen LogP contribution in [0.3, 0.4) is 0 Å². The molecule has 0 saturated heterocycles. The SMILES string of the molecule is COc1ccc(NC(=S)N/N=C\c2c(-c3ccccc3)n(C)c3ccccc23)cc1. The van der Waals surface area contributed by atoms with Crippen LogP contribution in [-0.2, 0) is 7.05 Å². The Kier molecular flexibility index (Phi) is 5.77. The van der Waals surface area contributed by atoms with Gasteiger partial charge in [-0.3, -0.25) is 5.43 Å². The Labute approximate surface area is 181 Å². The number of aromatic nitrogens is 1. The zero-order valence-corrected chi connectivity index (χ0v) is 17.6. The first-order chi connectivity index (χ1) is 14.7. The van der Waals surface area contributed by atoms with Gasteiger partial charge in [-0.2, -0.15) is 5.10 Å². The summed E-state index contributed by atoms with van der Waals surface area (Å²) in [7, 11) is 3.71. The molecule has 3 aromatic carbocycles. The van der Waals surface area contributed by atoms with E-state index in [2.05, 4.69) is 51.7 Å². The smallest absolute Gasteiger partial charge is 0.191 e. The number of ether oxygens (including phenoxy) is 1. The molecule has 4 aromatic rings. The topological polar surface area (TPSA) is 50.6 Å². The van der Waals surface area contributed by atoms with Gasteiger partial charge < -0.3 is 14.6 Å². The lowest BCUT2D eigenvalue weighted by Gasteiger charge is -2.08. The zero-order chi connectivity index (χ0) is 20.9. The van der Waals surface area contributed by atoms with Crippen LogP contribution in [0.25, 0.3) is 22.2 Å². The van der Waals surface area contributed by atoms with Crippen molar-refractivity contribution in [3.63, 3.8) is 0 Å². The van der Waals surface area contributed by atoms with Gasteiger partial charge in [0.05, 0.1) is 19.0 Å². The van der Waals surface area contributed by atoms with Gasteiger partial charge in [0.2, 0.25) is 0 Å². The van der Waals surface area contributed by atoms with Crippen LogP contribution in [0.4, 0.5) is 5.69 Å². The van der Waals surface area contributed by atoms with Crippen LogP contribution in [0.15, 0.2) is 84.0 Å². The minimum Gasteiger partial charge on any atom is -0.497 e. The number of fused-ring (bicyclic) bond motifs is 1. The number of hydrogen-bond donors (Lipinski definition) is 2. The molecule has 5 nitrogen and oxygen atoms in total. The molecule has 0 saturated carbocycles. The molecule has 0 aliphatic heterocycles. The summed E-state index contributed by atoms with van der Waals surface area (Å²) >= 11 is 5.37. The second kappa shape index (κ2) is 8.80. The van der Waals surface area contributed by atoms with Gasteiger partial charge in [0.25, 0.3) is 0 Å². The van der Waals surface area contributed by atoms with Crippen molar-refractivity contribution in [3.8, 4) is 17.0 Å². The summed E-state index contributed by atoms with van der Waals surface area (Å²) in [6.45, 7) is 0. The molecule has 0 unspecified atom stereocenters. The summed E-state index contributed by atoms with van der Waals surface area (Å²) < 4.78 is 7.37. The van der Waals surface area contributed by atoms with E-state index in [9.17, 15) is 0 Å². The summed E-state index contributed by atoms with van der Waals surface area (Å²) in [4.78, 5) is 0. The van der Waals surface area contributed by atoms with Gasteiger partial charge in [-0.15, -0.1) is 0 Å². The number of para-hydroxylation sites is 1. The molecule has 150 valence electrons. The van der Waals surface area contributed by atoms with Crippen molar-refractivity contribution in [2.45, 2.75) is 0 Å². The summed E-state index contributed by atoms with van der Waals surface area (Å²) in [5.74, 6) is 0.793. The van der Waals surface area contributed by atoms with Crippen LogP contribution < -0.4 is 15.5 Å². The Morgan fingerprint density at radius 1 is 0.967 bits per heavy atom. The van der Waals surface area contributed by atoms with E-state index in [0.29, 0.717) is 5.11 Å². The number of anilines is 1. The largest absolute Gasteiger partial charge is 0.497 e. The third kappa shape index (κ3) is 4.04. The Morgan fingerprint density at radius 2 is 1.67 bits per heavy atom. The van der Waals surface area contributed by atoms with Gasteiger partial charge >= 0.3 is 0 Å². The minimum absolute atomic E-state index is 0.415. The first-order valence-electron chi connectivity index (χ1n) is 9.54. The molecule has 0 amide bonds. The number of methoxy groups -OCH3 is 1. The summed E-state index contributed by atoms with van der Waals surface area (Å²) in [5, 5.41) is 9.07. The Balaban J connectivity index is 1.58. The fourth-order valence-electron chi connectivity index (χ4n) is 3.49.